The van der Waals surface area contributed by atoms with Crippen LogP contribution in [0.2, 0.25) is 0 Å². The molecule has 0 saturated carbocycles. The predicted molar refractivity (Wildman–Crippen MR) is 128 cm³/mol. The number of benzene rings is 2. The number of hydrogen-bond donors (Lipinski definition) is 1. The van der Waals surface area contributed by atoms with Crippen molar-refractivity contribution in [1.82, 2.24) is 30.6 Å². The van der Waals surface area contributed by atoms with Crippen molar-refractivity contribution in [2.45, 2.75) is 24.2 Å². The molecule has 180 valence electrons. The maximum Gasteiger partial charge on any atom is 0.187 e. The Balaban J connectivity index is 1.27. The van der Waals surface area contributed by atoms with Crippen molar-refractivity contribution in [2.24, 2.45) is 0 Å². The molecule has 6 rings (SSSR count). The lowest BCUT2D eigenvalue weighted by Crippen LogP contribution is -2.08. The van der Waals surface area contributed by atoms with Crippen LogP contribution in [0.4, 0.5) is 8.78 Å². The summed E-state index contributed by atoms with van der Waals surface area (Å²) in [5.74, 6) is 0.377. The number of H-pyrrole nitrogens is 1. The molecule has 0 bridgehead atoms. The van der Waals surface area contributed by atoms with Crippen molar-refractivity contribution in [2.75, 3.05) is 0 Å². The fourth-order valence-electron chi connectivity index (χ4n) is 4.03. The number of aromatic amines is 1. The topological polar surface area (TPSA) is 98.7 Å². The highest BCUT2D eigenvalue weighted by Gasteiger charge is 2.27. The largest absolute Gasteiger partial charge is 0.483 e. The summed E-state index contributed by atoms with van der Waals surface area (Å²) in [5.41, 5.74) is 3.38. The van der Waals surface area contributed by atoms with Gasteiger partial charge < -0.3 is 9.47 Å². The van der Waals surface area contributed by atoms with Gasteiger partial charge in [0.05, 0.1) is 22.7 Å². The lowest BCUT2D eigenvalue weighted by atomic mass is 10.0. The molecule has 0 spiro atoms. The summed E-state index contributed by atoms with van der Waals surface area (Å²) < 4.78 is 39.8. The molecule has 11 heteroatoms. The number of tetrazole rings is 1. The van der Waals surface area contributed by atoms with Gasteiger partial charge in [0.2, 0.25) is 0 Å². The summed E-state index contributed by atoms with van der Waals surface area (Å²) in [6.45, 7) is 0.126. The third-order valence-electron chi connectivity index (χ3n) is 5.73. The molecular weight excluding hydrogens is 486 g/mol. The normalized spacial score (nSPS) is 14.6. The molecule has 36 heavy (non-hydrogen) atoms. The van der Waals surface area contributed by atoms with Crippen LogP contribution in [0.1, 0.15) is 33.8 Å². The number of pyridine rings is 2. The van der Waals surface area contributed by atoms with Crippen LogP contribution in [0.3, 0.4) is 0 Å². The third-order valence-corrected chi connectivity index (χ3v) is 6.78. The van der Waals surface area contributed by atoms with Crippen molar-refractivity contribution < 1.29 is 18.3 Å². The number of nitrogens with zero attached hydrogens (tertiary/aromatic N) is 5. The minimum Gasteiger partial charge on any atom is -0.483 e. The Morgan fingerprint density at radius 3 is 2.83 bits per heavy atom. The molecule has 3 aromatic heterocycles. The van der Waals surface area contributed by atoms with Gasteiger partial charge in [0.1, 0.15) is 6.61 Å². The monoisotopic (exact) mass is 504 g/mol. The lowest BCUT2D eigenvalue weighted by molar-refractivity contribution is 0.247. The van der Waals surface area contributed by atoms with E-state index in [9.17, 15) is 8.78 Å². The smallest absolute Gasteiger partial charge is 0.187 e. The number of para-hydroxylation sites is 1. The number of ether oxygens (including phenoxy) is 2. The molecule has 1 atom stereocenters. The van der Waals surface area contributed by atoms with E-state index >= 15 is 0 Å². The average molecular weight is 505 g/mol. The molecule has 8 nitrogen and oxygen atoms in total. The summed E-state index contributed by atoms with van der Waals surface area (Å²) in [4.78, 5) is 9.01. The van der Waals surface area contributed by atoms with Crippen LogP contribution in [0.15, 0.2) is 60.8 Å². The summed E-state index contributed by atoms with van der Waals surface area (Å²) in [7, 11) is 0. The first-order valence-corrected chi connectivity index (χ1v) is 12.1. The fourth-order valence-corrected chi connectivity index (χ4v) is 4.98. The zero-order chi connectivity index (χ0) is 24.5. The van der Waals surface area contributed by atoms with Crippen LogP contribution < -0.4 is 9.47 Å². The second kappa shape index (κ2) is 9.50. The standard InChI is InChI=1S/C25H18F2N6O2S/c26-18-10-14-6-7-17(29-20(14)11-19(18)27)12-34-21-5-1-3-16-9-15-4-2-8-28-23(15)25(35-24(16)21)36-13-22-30-32-33-31-22/h1-8,10-11,25H,9,12-13H2,(H,30,31,32,33). The number of aromatic nitrogens is 6. The van der Waals surface area contributed by atoms with Crippen molar-refractivity contribution in [3.05, 3.63) is 101 Å². The molecular formula is C25H18F2N6O2S. The van der Waals surface area contributed by atoms with E-state index in [1.165, 1.54) is 11.8 Å². The Bertz CT molecular complexity index is 1550. The van der Waals surface area contributed by atoms with Gasteiger partial charge in [-0.15, -0.1) is 22.0 Å². The number of fused-ring (bicyclic) bond motifs is 3. The first-order valence-electron chi connectivity index (χ1n) is 11.1. The number of rotatable bonds is 6. The molecule has 0 amide bonds. The van der Waals surface area contributed by atoms with Gasteiger partial charge in [-0.1, -0.05) is 29.5 Å². The van der Waals surface area contributed by atoms with Crippen LogP contribution in [0, 0.1) is 11.6 Å². The number of thioether (sulfide) groups is 1. The quantitative estimate of drug-likeness (QED) is 0.348. The predicted octanol–water partition coefficient (Wildman–Crippen LogP) is 4.92. The Labute approximate surface area is 208 Å². The Kier molecular flexibility index (Phi) is 5.90. The second-order valence-corrected chi connectivity index (χ2v) is 9.16. The molecule has 1 N–H and O–H groups in total. The Morgan fingerprint density at radius 1 is 1.06 bits per heavy atom. The highest BCUT2D eigenvalue weighted by Crippen LogP contribution is 2.44. The molecule has 2 aromatic carbocycles. The zero-order valence-corrected chi connectivity index (χ0v) is 19.5. The van der Waals surface area contributed by atoms with Crippen LogP contribution in [-0.4, -0.2) is 30.6 Å². The molecule has 0 aliphatic carbocycles. The molecule has 0 fully saturated rings. The highest BCUT2D eigenvalue weighted by atomic mass is 32.2. The van der Waals surface area contributed by atoms with E-state index in [-0.39, 0.29) is 6.61 Å². The van der Waals surface area contributed by atoms with Crippen molar-refractivity contribution >= 4 is 22.7 Å². The molecule has 0 radical (unpaired) electrons. The second-order valence-electron chi connectivity index (χ2n) is 8.11. The third kappa shape index (κ3) is 4.44. The van der Waals surface area contributed by atoms with E-state index in [2.05, 4.69) is 30.6 Å². The van der Waals surface area contributed by atoms with Crippen LogP contribution >= 0.6 is 11.8 Å². The molecule has 5 aromatic rings. The van der Waals surface area contributed by atoms with Gasteiger partial charge in [-0.3, -0.25) is 4.98 Å². The van der Waals surface area contributed by atoms with Gasteiger partial charge in [-0.05, 0) is 29.8 Å². The summed E-state index contributed by atoms with van der Waals surface area (Å²) in [6, 6.07) is 15.3. The first-order chi connectivity index (χ1) is 17.6. The Morgan fingerprint density at radius 2 is 1.94 bits per heavy atom. The summed E-state index contributed by atoms with van der Waals surface area (Å²) in [5, 5.41) is 14.6. The van der Waals surface area contributed by atoms with Crippen LogP contribution in [-0.2, 0) is 18.8 Å². The zero-order valence-electron chi connectivity index (χ0n) is 18.7. The van der Waals surface area contributed by atoms with Crippen molar-refractivity contribution in [1.29, 1.82) is 0 Å². The van der Waals surface area contributed by atoms with Gasteiger partial charge in [-0.25, -0.2) is 13.8 Å². The maximum absolute atomic E-state index is 13.7. The fraction of sp³-hybridized carbons (Fsp3) is 0.160. The van der Waals surface area contributed by atoms with E-state index in [0.29, 0.717) is 46.1 Å². The minimum absolute atomic E-state index is 0.126. The molecule has 1 aliphatic heterocycles. The number of hydrogen-bond acceptors (Lipinski definition) is 8. The molecule has 1 aliphatic rings. The number of halogens is 2. The average Bonchev–Trinajstić information content (AvgIpc) is 3.35. The first kappa shape index (κ1) is 22.4. The van der Waals surface area contributed by atoms with Gasteiger partial charge >= 0.3 is 0 Å². The molecule has 1 unspecified atom stereocenters. The summed E-state index contributed by atoms with van der Waals surface area (Å²) >= 11 is 1.50. The lowest BCUT2D eigenvalue weighted by Gasteiger charge is -2.19. The Hall–Kier alpha value is -4.12. The SMILES string of the molecule is Fc1cc2ccc(COc3cccc4c3OC(SCc3nn[nH]n3)c3ncccc3C4)nc2cc1F. The van der Waals surface area contributed by atoms with Gasteiger partial charge in [0, 0.05) is 29.6 Å². The van der Waals surface area contributed by atoms with Crippen LogP contribution in [0.5, 0.6) is 11.5 Å². The van der Waals surface area contributed by atoms with E-state index in [4.69, 9.17) is 9.47 Å². The minimum atomic E-state index is -0.938. The van der Waals surface area contributed by atoms with Gasteiger partial charge in [-0.2, -0.15) is 5.21 Å². The summed E-state index contributed by atoms with van der Waals surface area (Å²) in [6.07, 6.45) is 2.38. The molecule has 4 heterocycles. The van der Waals surface area contributed by atoms with Crippen LogP contribution in [0.25, 0.3) is 10.9 Å². The van der Waals surface area contributed by atoms with Gasteiger partial charge in [0.25, 0.3) is 0 Å². The van der Waals surface area contributed by atoms with E-state index in [1.807, 2.05) is 30.3 Å². The van der Waals surface area contributed by atoms with Gasteiger partial charge in [0.15, 0.2) is 34.4 Å². The van der Waals surface area contributed by atoms with E-state index in [1.54, 1.807) is 18.3 Å². The highest BCUT2D eigenvalue weighted by molar-refractivity contribution is 7.98. The van der Waals surface area contributed by atoms with Crippen molar-refractivity contribution in [3.8, 4) is 11.5 Å². The van der Waals surface area contributed by atoms with E-state index < -0.39 is 17.1 Å². The van der Waals surface area contributed by atoms with E-state index in [0.717, 1.165) is 29.0 Å². The number of nitrogens with one attached hydrogen (secondary N) is 1. The maximum atomic E-state index is 13.7. The molecule has 0 saturated heterocycles. The van der Waals surface area contributed by atoms with Crippen molar-refractivity contribution in [3.63, 3.8) is 0 Å².